The van der Waals surface area contributed by atoms with Crippen LogP contribution in [0.5, 0.6) is 5.75 Å². The minimum absolute atomic E-state index is 0.0314. The number of H-pyrrole nitrogens is 1. The molecule has 2 aromatic heterocycles. The van der Waals surface area contributed by atoms with Crippen molar-refractivity contribution in [3.8, 4) is 17.1 Å². The van der Waals surface area contributed by atoms with E-state index in [-0.39, 0.29) is 41.7 Å². The lowest BCUT2D eigenvalue weighted by Gasteiger charge is -2.37. The number of esters is 1. The Morgan fingerprint density at radius 2 is 1.81 bits per heavy atom. The highest BCUT2D eigenvalue weighted by Crippen LogP contribution is 2.37. The van der Waals surface area contributed by atoms with Crippen molar-refractivity contribution in [2.75, 3.05) is 5.32 Å². The Labute approximate surface area is 283 Å². The van der Waals surface area contributed by atoms with Crippen LogP contribution < -0.4 is 10.1 Å². The number of benzene rings is 2. The maximum Gasteiger partial charge on any atom is 0.335 e. The summed E-state index contributed by atoms with van der Waals surface area (Å²) >= 11 is -0.750. The third-order valence-corrected chi connectivity index (χ3v) is 8.65. The van der Waals surface area contributed by atoms with Crippen LogP contribution in [0.15, 0.2) is 42.6 Å². The van der Waals surface area contributed by atoms with Gasteiger partial charge in [0, 0.05) is 23.9 Å². The van der Waals surface area contributed by atoms with Gasteiger partial charge in [0.1, 0.15) is 17.4 Å². The van der Waals surface area contributed by atoms with Crippen molar-refractivity contribution in [3.05, 3.63) is 70.7 Å². The van der Waals surface area contributed by atoms with E-state index < -0.39 is 23.5 Å². The number of carbonyl (C=O) groups is 2. The number of nitrogens with one attached hydrogen (secondary N) is 2. The molecule has 13 heteroatoms. The van der Waals surface area contributed by atoms with Gasteiger partial charge in [0.05, 0.1) is 18.4 Å². The molecule has 3 atom stereocenters. The van der Waals surface area contributed by atoms with Crippen LogP contribution in [0.4, 0.5) is 17.1 Å². The topological polar surface area (TPSA) is 156 Å². The van der Waals surface area contributed by atoms with Crippen LogP contribution in [0.25, 0.3) is 21.9 Å². The van der Waals surface area contributed by atoms with E-state index in [1.807, 2.05) is 57.2 Å². The number of aryl methyl sites for hydroxylation is 2. The molecule has 12 nitrogen and oxygen atoms in total. The van der Waals surface area contributed by atoms with E-state index in [9.17, 15) is 9.59 Å². The van der Waals surface area contributed by atoms with Crippen LogP contribution in [0.1, 0.15) is 74.9 Å². The second-order valence-corrected chi connectivity index (χ2v) is 12.9. The number of hydrogen-bond donors (Lipinski definition) is 3. The van der Waals surface area contributed by atoms with Crippen molar-refractivity contribution in [3.63, 3.8) is 0 Å². The van der Waals surface area contributed by atoms with Crippen LogP contribution in [-0.2, 0) is 21.1 Å². The van der Waals surface area contributed by atoms with Gasteiger partial charge in [0.2, 0.25) is 5.69 Å². The number of ether oxygens (including phenoxy) is 2. The molecule has 254 valence electrons. The summed E-state index contributed by atoms with van der Waals surface area (Å²) in [7, 11) is 0. The van der Waals surface area contributed by atoms with Gasteiger partial charge in [-0.25, -0.2) is 14.6 Å². The number of rotatable bonds is 10. The molecule has 4 aromatic rings. The van der Waals surface area contributed by atoms with Gasteiger partial charge < -0.3 is 19.9 Å². The summed E-state index contributed by atoms with van der Waals surface area (Å²) in [5.41, 5.74) is 5.14. The minimum Gasteiger partial charge on any atom is -0.489 e. The Morgan fingerprint density at radius 3 is 2.46 bits per heavy atom. The molecule has 0 radical (unpaired) electrons. The summed E-state index contributed by atoms with van der Waals surface area (Å²) in [4.78, 5) is 32.9. The zero-order valence-electron chi connectivity index (χ0n) is 27.9. The summed E-state index contributed by atoms with van der Waals surface area (Å²) in [5.74, 6) is 0.857. The smallest absolute Gasteiger partial charge is 0.335 e. The Morgan fingerprint density at radius 1 is 1.12 bits per heavy atom. The number of hydrogen-bond acceptors (Lipinski definition) is 8. The highest BCUT2D eigenvalue weighted by Gasteiger charge is 2.35. The van der Waals surface area contributed by atoms with Crippen LogP contribution in [0.2, 0.25) is 0 Å². The molecule has 0 saturated heterocycles. The maximum absolute atomic E-state index is 13.5. The van der Waals surface area contributed by atoms with E-state index in [4.69, 9.17) is 34.6 Å². The fourth-order valence-corrected chi connectivity index (χ4v) is 6.44. The number of carboxylic acid groups (broad SMARTS) is 1. The lowest BCUT2D eigenvalue weighted by Crippen LogP contribution is -2.37. The summed E-state index contributed by atoms with van der Waals surface area (Å²) < 4.78 is 30.4. The van der Waals surface area contributed by atoms with Gasteiger partial charge >= 0.3 is 23.5 Å². The van der Waals surface area contributed by atoms with Crippen molar-refractivity contribution in [2.24, 2.45) is 17.8 Å². The highest BCUT2D eigenvalue weighted by atomic mass is 32.1. The van der Waals surface area contributed by atoms with Gasteiger partial charge in [-0.15, -0.1) is 0 Å². The lowest BCUT2D eigenvalue weighted by molar-refractivity contribution is -0.137. The van der Waals surface area contributed by atoms with Crippen LogP contribution in [0.3, 0.4) is 0 Å². The number of carbonyl (C=O) groups excluding carboxylic acids is 1. The Balaban J connectivity index is 0.00000167. The summed E-state index contributed by atoms with van der Waals surface area (Å²) in [6.45, 7) is 20.0. The average Bonchev–Trinajstić information content (AvgIpc) is 3.58. The molecular weight excluding hydrogens is 634 g/mol. The molecule has 3 N–H and O–H groups in total. The van der Waals surface area contributed by atoms with Gasteiger partial charge in [-0.2, -0.15) is 8.42 Å². The molecule has 48 heavy (non-hydrogen) atoms. The van der Waals surface area contributed by atoms with Crippen LogP contribution >= 0.6 is 0 Å². The highest BCUT2D eigenvalue weighted by molar-refractivity contribution is 7.51. The van der Waals surface area contributed by atoms with E-state index in [1.165, 1.54) is 0 Å². The van der Waals surface area contributed by atoms with E-state index in [0.29, 0.717) is 29.6 Å². The van der Waals surface area contributed by atoms with E-state index in [2.05, 4.69) is 36.0 Å². The van der Waals surface area contributed by atoms with Gasteiger partial charge in [-0.05, 0) is 87.1 Å². The predicted molar refractivity (Wildman–Crippen MR) is 182 cm³/mol. The van der Waals surface area contributed by atoms with Crippen molar-refractivity contribution >= 4 is 46.2 Å². The number of aromatic nitrogens is 3. The number of anilines is 2. The first-order valence-corrected chi connectivity index (χ1v) is 16.5. The number of nitrogens with zero attached hydrogens (tertiary/aromatic N) is 3. The van der Waals surface area contributed by atoms with Crippen molar-refractivity contribution in [1.82, 2.24) is 14.6 Å². The fourth-order valence-electron chi connectivity index (χ4n) is 6.44. The maximum atomic E-state index is 13.5. The molecule has 2 aromatic carbocycles. The molecule has 1 fully saturated rings. The standard InChI is InChI=1S/C35H41N5O5.O2S/c1-19-8-12-29(44-24(6)10-13-30(41)42)27(16-19)37-26-17-25(11-9-21(26)3)33-38-34-31(28(36-7)18-40(34)39-33)35(43)45-32-22(4)14-20(2)15-23(32)5;1-3-2/h8-9,11-12,16-18,20,22-24,32,37H,10,13-15H2,1-6H3,(H,38,39)(H,41,42);. The monoisotopic (exact) mass is 675 g/mol. The van der Waals surface area contributed by atoms with Crippen LogP contribution in [-0.4, -0.2) is 52.3 Å². The minimum atomic E-state index is -0.854. The molecule has 0 amide bonds. The molecule has 1 aliphatic rings. The number of aromatic amines is 1. The second-order valence-electron chi connectivity index (χ2n) is 12.8. The SMILES string of the molecule is O=S=O.[C-]#[N+]c1cn2[nH]c(-c3ccc(C)c(Nc4cc(C)ccc4OC(C)CCC(=O)O)c3)nc2c1C(=O)OC1C(C)CC(C)CC1C. The number of aliphatic carboxylic acids is 1. The molecule has 3 unspecified atom stereocenters. The van der Waals surface area contributed by atoms with Gasteiger partial charge in [-0.3, -0.25) is 14.4 Å². The Hall–Kier alpha value is -4.96. The molecular formula is C35H41N5O7S. The number of carboxylic acids is 1. The van der Waals surface area contributed by atoms with Crippen molar-refractivity contribution in [1.29, 1.82) is 0 Å². The lowest BCUT2D eigenvalue weighted by atomic mass is 9.75. The molecule has 0 spiro atoms. The first kappa shape index (κ1) is 35.9. The molecule has 1 saturated carbocycles. The third kappa shape index (κ3) is 8.49. The van der Waals surface area contributed by atoms with Crippen LogP contribution in [0, 0.1) is 38.2 Å². The number of fused-ring (bicyclic) bond motifs is 1. The quantitative estimate of drug-likeness (QED) is 0.115. The zero-order chi connectivity index (χ0) is 35.1. The van der Waals surface area contributed by atoms with Crippen molar-refractivity contribution < 1.29 is 32.6 Å². The van der Waals surface area contributed by atoms with E-state index in [0.717, 1.165) is 40.9 Å². The van der Waals surface area contributed by atoms with E-state index >= 15 is 0 Å². The van der Waals surface area contributed by atoms with Gasteiger partial charge in [-0.1, -0.05) is 39.0 Å². The molecule has 1 aliphatic carbocycles. The van der Waals surface area contributed by atoms with Crippen molar-refractivity contribution in [2.45, 2.75) is 79.4 Å². The first-order chi connectivity index (χ1) is 22.8. The normalized spacial score (nSPS) is 19.4. The zero-order valence-corrected chi connectivity index (χ0v) is 28.7. The predicted octanol–water partition coefficient (Wildman–Crippen LogP) is 7.43. The largest absolute Gasteiger partial charge is 0.489 e. The summed E-state index contributed by atoms with van der Waals surface area (Å²) in [5, 5.41) is 15.8. The Bertz CT molecular complexity index is 1860. The Kier molecular flexibility index (Phi) is 11.8. The van der Waals surface area contributed by atoms with E-state index in [1.54, 1.807) is 10.7 Å². The molecule has 0 aliphatic heterocycles. The average molecular weight is 676 g/mol. The van der Waals surface area contributed by atoms with Gasteiger partial charge in [0.25, 0.3) is 0 Å². The summed E-state index contributed by atoms with van der Waals surface area (Å²) in [6.07, 6.45) is 3.52. The second kappa shape index (κ2) is 15.8. The molecule has 5 rings (SSSR count). The third-order valence-electron chi connectivity index (χ3n) is 8.65. The summed E-state index contributed by atoms with van der Waals surface area (Å²) in [6, 6.07) is 11.7. The first-order valence-electron chi connectivity index (χ1n) is 15.8. The molecule has 0 bridgehead atoms. The van der Waals surface area contributed by atoms with Gasteiger partial charge in [0.15, 0.2) is 11.5 Å². The molecule has 2 heterocycles. The fraction of sp³-hybridized carbons (Fsp3) is 0.429.